The average Bonchev–Trinajstić information content (AvgIpc) is 3.68. The third-order valence-electron chi connectivity index (χ3n) is 10.9. The van der Waals surface area contributed by atoms with Gasteiger partial charge in [-0.1, -0.05) is 38.3 Å². The van der Waals surface area contributed by atoms with Crippen LogP contribution in [-0.4, -0.2) is 88.8 Å². The molecule has 3 heterocycles. The standard InChI is InChI=1S/C37H53N3O6/c1-5-23-38(28-17-19-29(20-18-28)45-8-4)33(42)30-31-34(43)40(25-13-10-14-26-41)32(37(31)22-21-36(30,7-3)46-37)35(44)39(24-6-2)27-15-11-9-12-16-27/h5-6,17-20,27,30-32,41H,1-2,7-16,21-26H2,3-4H3/t30-,31+,32?,36+,37?/m1/s1. The first-order valence-electron chi connectivity index (χ1n) is 17.5. The zero-order valence-corrected chi connectivity index (χ0v) is 27.8. The Labute approximate surface area is 274 Å². The van der Waals surface area contributed by atoms with Crippen LogP contribution in [0.3, 0.4) is 0 Å². The van der Waals surface area contributed by atoms with E-state index in [0.29, 0.717) is 57.5 Å². The molecular formula is C37H53N3O6. The maximum atomic E-state index is 14.9. The van der Waals surface area contributed by atoms with Gasteiger partial charge in [0.15, 0.2) is 0 Å². The predicted molar refractivity (Wildman–Crippen MR) is 178 cm³/mol. The molecule has 0 radical (unpaired) electrons. The summed E-state index contributed by atoms with van der Waals surface area (Å²) in [5.41, 5.74) is -1.21. The molecule has 1 spiro atoms. The molecule has 9 heteroatoms. The van der Waals surface area contributed by atoms with E-state index in [9.17, 15) is 19.5 Å². The van der Waals surface area contributed by atoms with Crippen LogP contribution in [0.25, 0.3) is 0 Å². The van der Waals surface area contributed by atoms with Crippen molar-refractivity contribution >= 4 is 23.4 Å². The lowest BCUT2D eigenvalue weighted by Crippen LogP contribution is -2.58. The van der Waals surface area contributed by atoms with Gasteiger partial charge in [0, 0.05) is 38.0 Å². The van der Waals surface area contributed by atoms with E-state index >= 15 is 0 Å². The van der Waals surface area contributed by atoms with Crippen molar-refractivity contribution in [2.75, 3.05) is 37.7 Å². The summed E-state index contributed by atoms with van der Waals surface area (Å²) in [7, 11) is 0. The van der Waals surface area contributed by atoms with E-state index < -0.39 is 29.1 Å². The summed E-state index contributed by atoms with van der Waals surface area (Å²) in [5, 5.41) is 9.40. The molecule has 2 unspecified atom stereocenters. The molecule has 46 heavy (non-hydrogen) atoms. The van der Waals surface area contributed by atoms with Crippen LogP contribution in [0.5, 0.6) is 5.75 Å². The second kappa shape index (κ2) is 14.7. The minimum atomic E-state index is -1.08. The minimum absolute atomic E-state index is 0.0840. The minimum Gasteiger partial charge on any atom is -0.494 e. The number of fused-ring (bicyclic) bond motifs is 1. The normalized spacial score (nSPS) is 28.6. The number of aliphatic hydroxyl groups excluding tert-OH is 1. The second-order valence-electron chi connectivity index (χ2n) is 13.4. The number of carbonyl (C=O) groups excluding carboxylic acids is 3. The Morgan fingerprint density at radius 3 is 2.37 bits per heavy atom. The lowest BCUT2D eigenvalue weighted by Gasteiger charge is -2.41. The average molecular weight is 636 g/mol. The van der Waals surface area contributed by atoms with Gasteiger partial charge in [0.05, 0.1) is 24.0 Å². The fourth-order valence-electron chi connectivity index (χ4n) is 8.80. The number of rotatable bonds is 16. The number of hydrogen-bond acceptors (Lipinski definition) is 6. The van der Waals surface area contributed by atoms with Crippen molar-refractivity contribution in [2.45, 2.75) is 108 Å². The molecule has 3 amide bonds. The molecule has 5 rings (SSSR count). The Kier molecular flexibility index (Phi) is 10.9. The van der Waals surface area contributed by atoms with Gasteiger partial charge in [-0.3, -0.25) is 14.4 Å². The monoisotopic (exact) mass is 635 g/mol. The number of likely N-dealkylation sites (tertiary alicyclic amines) is 1. The summed E-state index contributed by atoms with van der Waals surface area (Å²) >= 11 is 0. The SMILES string of the molecule is C=CCN(C(=O)[C@H]1[C@H]2C(=O)N(CCCCCO)C(C(=O)N(CC=C)C3CCCCC3)C23CC[C@]1(CC)O3)c1ccc(OCC)cc1. The molecule has 1 aromatic carbocycles. The number of nitrogens with zero attached hydrogens (tertiary/aromatic N) is 3. The van der Waals surface area contributed by atoms with Crippen LogP contribution < -0.4 is 9.64 Å². The number of amides is 3. The molecule has 2 bridgehead atoms. The fourth-order valence-corrected chi connectivity index (χ4v) is 8.80. The Morgan fingerprint density at radius 2 is 1.74 bits per heavy atom. The predicted octanol–water partition coefficient (Wildman–Crippen LogP) is 5.27. The molecule has 3 aliphatic heterocycles. The molecule has 3 saturated heterocycles. The highest BCUT2D eigenvalue weighted by Gasteiger charge is 2.79. The summed E-state index contributed by atoms with van der Waals surface area (Å²) in [4.78, 5) is 49.8. The van der Waals surface area contributed by atoms with Gasteiger partial charge < -0.3 is 29.3 Å². The highest BCUT2D eigenvalue weighted by atomic mass is 16.5. The third kappa shape index (κ3) is 6.01. The summed E-state index contributed by atoms with van der Waals surface area (Å²) in [5.74, 6) is -1.19. The first-order chi connectivity index (χ1) is 22.3. The molecule has 9 nitrogen and oxygen atoms in total. The Hall–Kier alpha value is -3.17. The fraction of sp³-hybridized carbons (Fsp3) is 0.649. The van der Waals surface area contributed by atoms with E-state index in [0.717, 1.165) is 37.9 Å². The molecule has 0 aromatic heterocycles. The van der Waals surface area contributed by atoms with Crippen LogP contribution in [0.1, 0.15) is 84.5 Å². The smallest absolute Gasteiger partial charge is 0.248 e. The molecule has 4 fully saturated rings. The third-order valence-corrected chi connectivity index (χ3v) is 10.9. The van der Waals surface area contributed by atoms with Crippen molar-refractivity contribution in [3.8, 4) is 5.75 Å². The Balaban J connectivity index is 1.54. The molecular weight excluding hydrogens is 582 g/mol. The lowest BCUT2D eigenvalue weighted by molar-refractivity contribution is -0.154. The van der Waals surface area contributed by atoms with E-state index in [2.05, 4.69) is 13.2 Å². The Bertz CT molecular complexity index is 1260. The largest absolute Gasteiger partial charge is 0.494 e. The van der Waals surface area contributed by atoms with Crippen molar-refractivity contribution in [1.82, 2.24) is 9.80 Å². The lowest BCUT2D eigenvalue weighted by atomic mass is 9.64. The van der Waals surface area contributed by atoms with Gasteiger partial charge in [-0.25, -0.2) is 0 Å². The van der Waals surface area contributed by atoms with Crippen LogP contribution in [0.4, 0.5) is 5.69 Å². The van der Waals surface area contributed by atoms with Crippen LogP contribution in [0.2, 0.25) is 0 Å². The van der Waals surface area contributed by atoms with Gasteiger partial charge in [0.2, 0.25) is 17.7 Å². The van der Waals surface area contributed by atoms with E-state index in [1.165, 1.54) is 6.42 Å². The van der Waals surface area contributed by atoms with Gasteiger partial charge >= 0.3 is 0 Å². The Morgan fingerprint density at radius 1 is 1.02 bits per heavy atom. The van der Waals surface area contributed by atoms with E-state index in [1.807, 2.05) is 43.0 Å². The number of unbranched alkanes of at least 4 members (excludes halogenated alkanes) is 2. The molecule has 1 aliphatic carbocycles. The number of carbonyl (C=O) groups is 3. The number of aliphatic hydroxyl groups is 1. The summed E-state index contributed by atoms with van der Waals surface area (Å²) in [6, 6.07) is 6.72. The van der Waals surface area contributed by atoms with Gasteiger partial charge in [-0.2, -0.15) is 0 Å². The highest BCUT2D eigenvalue weighted by Crippen LogP contribution is 2.65. The summed E-state index contributed by atoms with van der Waals surface area (Å²) < 4.78 is 12.7. The van der Waals surface area contributed by atoms with Crippen molar-refractivity contribution in [2.24, 2.45) is 11.8 Å². The number of hydrogen-bond donors (Lipinski definition) is 1. The van der Waals surface area contributed by atoms with Crippen LogP contribution >= 0.6 is 0 Å². The molecule has 4 aliphatic rings. The zero-order chi connectivity index (χ0) is 32.9. The van der Waals surface area contributed by atoms with E-state index in [-0.39, 0.29) is 36.9 Å². The van der Waals surface area contributed by atoms with Gasteiger partial charge in [0.25, 0.3) is 0 Å². The summed E-state index contributed by atoms with van der Waals surface area (Å²) in [6.07, 6.45) is 12.4. The van der Waals surface area contributed by atoms with Crippen molar-refractivity contribution < 1.29 is 29.0 Å². The summed E-state index contributed by atoms with van der Waals surface area (Å²) in [6.45, 7) is 13.5. The zero-order valence-electron chi connectivity index (χ0n) is 27.8. The molecule has 1 saturated carbocycles. The van der Waals surface area contributed by atoms with Crippen LogP contribution in [-0.2, 0) is 19.1 Å². The van der Waals surface area contributed by atoms with Crippen molar-refractivity contribution in [3.05, 3.63) is 49.6 Å². The van der Waals surface area contributed by atoms with Gasteiger partial charge in [-0.05, 0) is 82.6 Å². The van der Waals surface area contributed by atoms with Crippen LogP contribution in [0, 0.1) is 11.8 Å². The number of ether oxygens (including phenoxy) is 2. The van der Waals surface area contributed by atoms with E-state index in [1.54, 1.807) is 22.0 Å². The van der Waals surface area contributed by atoms with Crippen molar-refractivity contribution in [3.63, 3.8) is 0 Å². The number of anilines is 1. The topological polar surface area (TPSA) is 99.6 Å². The van der Waals surface area contributed by atoms with E-state index in [4.69, 9.17) is 9.47 Å². The molecule has 1 aromatic rings. The second-order valence-corrected chi connectivity index (χ2v) is 13.4. The molecule has 252 valence electrons. The van der Waals surface area contributed by atoms with Gasteiger partial charge in [0.1, 0.15) is 17.4 Å². The molecule has 5 atom stereocenters. The van der Waals surface area contributed by atoms with Crippen molar-refractivity contribution in [1.29, 1.82) is 0 Å². The number of benzene rings is 1. The maximum Gasteiger partial charge on any atom is 0.248 e. The highest BCUT2D eigenvalue weighted by molar-refractivity contribution is 6.03. The first kappa shape index (κ1) is 34.2. The quantitative estimate of drug-likeness (QED) is 0.196. The van der Waals surface area contributed by atoms with Gasteiger partial charge in [-0.15, -0.1) is 13.2 Å². The van der Waals surface area contributed by atoms with Crippen LogP contribution in [0.15, 0.2) is 49.6 Å². The maximum absolute atomic E-state index is 14.9. The molecule has 1 N–H and O–H groups in total. The first-order valence-corrected chi connectivity index (χ1v) is 17.5.